The zero-order chi connectivity index (χ0) is 14.8. The fourth-order valence-corrected chi connectivity index (χ4v) is 2.32. The van der Waals surface area contributed by atoms with Crippen LogP contribution in [0, 0.1) is 0 Å². The van der Waals surface area contributed by atoms with E-state index in [0.717, 1.165) is 22.2 Å². The minimum atomic E-state index is -0.593. The SMILES string of the molecule is C[C@@H](O)c1ccc2ccccc2c1OCc1nncn1C. The van der Waals surface area contributed by atoms with Gasteiger partial charge in [-0.15, -0.1) is 10.2 Å². The van der Waals surface area contributed by atoms with Crippen molar-refractivity contribution in [2.24, 2.45) is 7.05 Å². The number of aryl methyl sites for hydroxylation is 1. The molecular formula is C16H17N3O2. The van der Waals surface area contributed by atoms with Crippen molar-refractivity contribution in [3.05, 3.63) is 54.1 Å². The fraction of sp³-hybridized carbons (Fsp3) is 0.250. The van der Waals surface area contributed by atoms with Gasteiger partial charge >= 0.3 is 0 Å². The molecule has 5 nitrogen and oxygen atoms in total. The Kier molecular flexibility index (Phi) is 3.58. The van der Waals surface area contributed by atoms with Gasteiger partial charge in [0.1, 0.15) is 18.7 Å². The number of aliphatic hydroxyl groups is 1. The summed E-state index contributed by atoms with van der Waals surface area (Å²) < 4.78 is 7.77. The van der Waals surface area contributed by atoms with E-state index >= 15 is 0 Å². The quantitative estimate of drug-likeness (QED) is 0.799. The lowest BCUT2D eigenvalue weighted by Crippen LogP contribution is -2.06. The minimum Gasteiger partial charge on any atom is -0.485 e. The lowest BCUT2D eigenvalue weighted by molar-refractivity contribution is 0.190. The molecule has 1 heterocycles. The smallest absolute Gasteiger partial charge is 0.170 e. The van der Waals surface area contributed by atoms with Crippen LogP contribution in [0.15, 0.2) is 42.7 Å². The lowest BCUT2D eigenvalue weighted by Gasteiger charge is -2.16. The van der Waals surface area contributed by atoms with Crippen molar-refractivity contribution in [2.75, 3.05) is 0 Å². The average molecular weight is 283 g/mol. The summed E-state index contributed by atoms with van der Waals surface area (Å²) in [4.78, 5) is 0. The van der Waals surface area contributed by atoms with E-state index in [1.54, 1.807) is 13.3 Å². The molecule has 0 unspecified atom stereocenters. The van der Waals surface area contributed by atoms with E-state index in [0.29, 0.717) is 12.4 Å². The van der Waals surface area contributed by atoms with Gasteiger partial charge in [-0.25, -0.2) is 0 Å². The van der Waals surface area contributed by atoms with Crippen molar-refractivity contribution >= 4 is 10.8 Å². The zero-order valence-electron chi connectivity index (χ0n) is 12.0. The monoisotopic (exact) mass is 283 g/mol. The molecule has 0 aliphatic rings. The van der Waals surface area contributed by atoms with E-state index in [2.05, 4.69) is 10.2 Å². The third kappa shape index (κ3) is 2.60. The Morgan fingerprint density at radius 2 is 2.05 bits per heavy atom. The number of aliphatic hydroxyl groups excluding tert-OH is 1. The van der Waals surface area contributed by atoms with Crippen LogP contribution in [0.5, 0.6) is 5.75 Å². The highest BCUT2D eigenvalue weighted by molar-refractivity contribution is 5.89. The maximum absolute atomic E-state index is 9.96. The predicted molar refractivity (Wildman–Crippen MR) is 79.9 cm³/mol. The van der Waals surface area contributed by atoms with E-state index in [1.165, 1.54) is 0 Å². The van der Waals surface area contributed by atoms with Gasteiger partial charge in [-0.3, -0.25) is 0 Å². The third-order valence-corrected chi connectivity index (χ3v) is 3.51. The van der Waals surface area contributed by atoms with Crippen LogP contribution in [-0.2, 0) is 13.7 Å². The van der Waals surface area contributed by atoms with E-state index in [-0.39, 0.29) is 0 Å². The molecule has 1 atom stereocenters. The van der Waals surface area contributed by atoms with E-state index < -0.39 is 6.10 Å². The van der Waals surface area contributed by atoms with Crippen molar-refractivity contribution < 1.29 is 9.84 Å². The van der Waals surface area contributed by atoms with Crippen molar-refractivity contribution in [2.45, 2.75) is 19.6 Å². The van der Waals surface area contributed by atoms with Gasteiger partial charge in [0.05, 0.1) is 6.10 Å². The van der Waals surface area contributed by atoms with E-state index in [9.17, 15) is 5.11 Å². The second kappa shape index (κ2) is 5.54. The molecule has 3 aromatic rings. The topological polar surface area (TPSA) is 60.2 Å². The second-order valence-corrected chi connectivity index (χ2v) is 5.03. The van der Waals surface area contributed by atoms with Gasteiger partial charge in [0, 0.05) is 18.0 Å². The summed E-state index contributed by atoms with van der Waals surface area (Å²) in [7, 11) is 1.87. The Hall–Kier alpha value is -2.40. The first-order valence-electron chi connectivity index (χ1n) is 6.82. The summed E-state index contributed by atoms with van der Waals surface area (Å²) in [5, 5.41) is 19.9. The molecule has 1 N–H and O–H groups in total. The molecule has 108 valence electrons. The highest BCUT2D eigenvalue weighted by Gasteiger charge is 2.14. The summed E-state index contributed by atoms with van der Waals surface area (Å²) in [6, 6.07) is 11.9. The Bertz CT molecular complexity index is 765. The molecule has 2 aromatic carbocycles. The maximum atomic E-state index is 9.96. The van der Waals surface area contributed by atoms with Crippen LogP contribution in [0.3, 0.4) is 0 Å². The Labute approximate surface area is 122 Å². The Balaban J connectivity index is 2.02. The number of benzene rings is 2. The van der Waals surface area contributed by atoms with E-state index in [1.807, 2.05) is 48.0 Å². The minimum absolute atomic E-state index is 0.310. The van der Waals surface area contributed by atoms with Crippen LogP contribution in [0.4, 0.5) is 0 Å². The molecule has 0 bridgehead atoms. The summed E-state index contributed by atoms with van der Waals surface area (Å²) in [6.45, 7) is 2.05. The van der Waals surface area contributed by atoms with Gasteiger partial charge < -0.3 is 14.4 Å². The molecule has 0 aliphatic heterocycles. The molecule has 5 heteroatoms. The van der Waals surface area contributed by atoms with Crippen molar-refractivity contribution in [1.82, 2.24) is 14.8 Å². The molecule has 0 fully saturated rings. The van der Waals surface area contributed by atoms with Crippen molar-refractivity contribution in [3.63, 3.8) is 0 Å². The molecule has 0 spiro atoms. The zero-order valence-corrected chi connectivity index (χ0v) is 12.0. The molecule has 21 heavy (non-hydrogen) atoms. The predicted octanol–water partition coefficient (Wildman–Crippen LogP) is 2.60. The second-order valence-electron chi connectivity index (χ2n) is 5.03. The first kappa shape index (κ1) is 13.6. The van der Waals surface area contributed by atoms with Crippen LogP contribution in [0.1, 0.15) is 24.4 Å². The van der Waals surface area contributed by atoms with Crippen molar-refractivity contribution in [1.29, 1.82) is 0 Å². The molecule has 0 amide bonds. The third-order valence-electron chi connectivity index (χ3n) is 3.51. The maximum Gasteiger partial charge on any atom is 0.170 e. The summed E-state index contributed by atoms with van der Waals surface area (Å²) >= 11 is 0. The standard InChI is InChI=1S/C16H17N3O2/c1-11(20)13-8-7-12-5-3-4-6-14(12)16(13)21-9-15-18-17-10-19(15)2/h3-8,10-11,20H,9H2,1-2H3/t11-/m1/s1. The summed E-state index contributed by atoms with van der Waals surface area (Å²) in [5.74, 6) is 1.44. The molecule has 0 saturated carbocycles. The Morgan fingerprint density at radius 1 is 1.24 bits per heavy atom. The molecule has 3 rings (SSSR count). The van der Waals surface area contributed by atoms with Crippen LogP contribution >= 0.6 is 0 Å². The van der Waals surface area contributed by atoms with Crippen LogP contribution in [0.25, 0.3) is 10.8 Å². The number of ether oxygens (including phenoxy) is 1. The largest absolute Gasteiger partial charge is 0.485 e. The van der Waals surface area contributed by atoms with Gasteiger partial charge in [0.25, 0.3) is 0 Å². The number of hydrogen-bond donors (Lipinski definition) is 1. The number of nitrogens with zero attached hydrogens (tertiary/aromatic N) is 3. The first-order chi connectivity index (χ1) is 10.2. The van der Waals surface area contributed by atoms with Crippen LogP contribution in [0.2, 0.25) is 0 Å². The first-order valence-corrected chi connectivity index (χ1v) is 6.82. The normalized spacial score (nSPS) is 12.5. The molecular weight excluding hydrogens is 266 g/mol. The van der Waals surface area contributed by atoms with Crippen molar-refractivity contribution in [3.8, 4) is 5.75 Å². The number of hydrogen-bond acceptors (Lipinski definition) is 4. The van der Waals surface area contributed by atoms with Gasteiger partial charge in [-0.05, 0) is 12.3 Å². The highest BCUT2D eigenvalue weighted by atomic mass is 16.5. The average Bonchev–Trinajstić information content (AvgIpc) is 2.89. The molecule has 0 saturated heterocycles. The molecule has 1 aromatic heterocycles. The van der Waals surface area contributed by atoms with Gasteiger partial charge in [0.2, 0.25) is 0 Å². The molecule has 0 radical (unpaired) electrons. The van der Waals surface area contributed by atoms with Gasteiger partial charge in [-0.1, -0.05) is 36.4 Å². The fourth-order valence-electron chi connectivity index (χ4n) is 2.32. The number of fused-ring (bicyclic) bond motifs is 1. The van der Waals surface area contributed by atoms with Crippen LogP contribution < -0.4 is 4.74 Å². The Morgan fingerprint density at radius 3 is 2.76 bits per heavy atom. The molecule has 0 aliphatic carbocycles. The van der Waals surface area contributed by atoms with Crippen LogP contribution in [-0.4, -0.2) is 19.9 Å². The lowest BCUT2D eigenvalue weighted by atomic mass is 10.0. The summed E-state index contributed by atoms with van der Waals surface area (Å²) in [6.07, 6.45) is 1.04. The van der Waals surface area contributed by atoms with Gasteiger partial charge in [0.15, 0.2) is 5.82 Å². The highest BCUT2D eigenvalue weighted by Crippen LogP contribution is 2.34. The summed E-state index contributed by atoms with van der Waals surface area (Å²) in [5.41, 5.74) is 0.774. The van der Waals surface area contributed by atoms with E-state index in [4.69, 9.17) is 4.74 Å². The number of rotatable bonds is 4. The number of aromatic nitrogens is 3. The van der Waals surface area contributed by atoms with Gasteiger partial charge in [-0.2, -0.15) is 0 Å².